The minimum Gasteiger partial charge on any atom is -0.493 e. The fraction of sp³-hybridized carbons (Fsp3) is 0.211. The van der Waals surface area contributed by atoms with Crippen LogP contribution in [0.4, 0.5) is 5.69 Å². The first kappa shape index (κ1) is 18.0. The van der Waals surface area contributed by atoms with Gasteiger partial charge < -0.3 is 9.47 Å². The van der Waals surface area contributed by atoms with E-state index in [2.05, 4.69) is 9.98 Å². The summed E-state index contributed by atoms with van der Waals surface area (Å²) in [6.45, 7) is 2.48. The number of amides is 1. The topological polar surface area (TPSA) is 64.0 Å². The second-order valence-corrected chi connectivity index (χ2v) is 6.43. The highest BCUT2D eigenvalue weighted by atomic mass is 32.2. The molecular weight excluding hydrogens is 350 g/mol. The predicted molar refractivity (Wildman–Crippen MR) is 104 cm³/mol. The van der Waals surface area contributed by atoms with Gasteiger partial charge in [0.2, 0.25) is 0 Å². The zero-order valence-electron chi connectivity index (χ0n) is 14.8. The van der Waals surface area contributed by atoms with E-state index in [0.717, 1.165) is 5.56 Å². The first-order chi connectivity index (χ1) is 12.6. The number of rotatable bonds is 5. The maximum absolute atomic E-state index is 12.5. The minimum absolute atomic E-state index is 0.0921. The maximum Gasteiger partial charge on any atom is 0.266 e. The summed E-state index contributed by atoms with van der Waals surface area (Å²) in [5.74, 6) is 1.22. The number of pyridine rings is 1. The van der Waals surface area contributed by atoms with Crippen LogP contribution >= 0.6 is 11.8 Å². The molecule has 26 heavy (non-hydrogen) atoms. The molecule has 0 aliphatic carbocycles. The number of hydrogen-bond donors (Lipinski definition) is 0. The van der Waals surface area contributed by atoms with Gasteiger partial charge in [0.05, 0.1) is 30.5 Å². The first-order valence-corrected chi connectivity index (χ1v) is 8.91. The van der Waals surface area contributed by atoms with Crippen molar-refractivity contribution in [3.8, 4) is 11.5 Å². The van der Waals surface area contributed by atoms with E-state index in [1.54, 1.807) is 26.6 Å². The molecule has 6 nitrogen and oxygen atoms in total. The fourth-order valence-electron chi connectivity index (χ4n) is 2.38. The Bertz CT molecular complexity index is 866. The number of aromatic nitrogens is 1. The molecule has 1 amide bonds. The molecule has 1 aliphatic heterocycles. The summed E-state index contributed by atoms with van der Waals surface area (Å²) in [4.78, 5) is 23.2. The van der Waals surface area contributed by atoms with Crippen molar-refractivity contribution in [1.82, 2.24) is 9.88 Å². The van der Waals surface area contributed by atoms with Crippen LogP contribution in [0.2, 0.25) is 0 Å². The molecule has 0 spiro atoms. The van der Waals surface area contributed by atoms with Gasteiger partial charge in [0.25, 0.3) is 5.91 Å². The van der Waals surface area contributed by atoms with E-state index < -0.39 is 0 Å². The van der Waals surface area contributed by atoms with Gasteiger partial charge >= 0.3 is 0 Å². The molecule has 1 aliphatic rings. The lowest BCUT2D eigenvalue weighted by Crippen LogP contribution is -2.23. The molecule has 0 saturated carbocycles. The van der Waals surface area contributed by atoms with E-state index in [0.29, 0.717) is 33.9 Å². The van der Waals surface area contributed by atoms with Crippen molar-refractivity contribution in [3.63, 3.8) is 0 Å². The highest BCUT2D eigenvalue weighted by Crippen LogP contribution is 2.35. The minimum atomic E-state index is -0.0921. The summed E-state index contributed by atoms with van der Waals surface area (Å²) in [6.07, 6.45) is 5.17. The Kier molecular flexibility index (Phi) is 5.58. The van der Waals surface area contributed by atoms with Crippen LogP contribution in [0.25, 0.3) is 6.08 Å². The number of aliphatic imine (C=N–C) groups is 1. The summed E-state index contributed by atoms with van der Waals surface area (Å²) in [5, 5.41) is 0.618. The third-order valence-electron chi connectivity index (χ3n) is 3.66. The summed E-state index contributed by atoms with van der Waals surface area (Å²) >= 11 is 1.33. The van der Waals surface area contributed by atoms with Crippen molar-refractivity contribution in [3.05, 3.63) is 53.2 Å². The largest absolute Gasteiger partial charge is 0.493 e. The number of thioether (sulfide) groups is 1. The monoisotopic (exact) mass is 369 g/mol. The number of benzene rings is 1. The SMILES string of the molecule is CCOc1ccc(/C=C2\SC(=Nc3cccnc3)N(C)C2=O)cc1OC. The van der Waals surface area contributed by atoms with Gasteiger partial charge in [-0.2, -0.15) is 0 Å². The summed E-state index contributed by atoms with van der Waals surface area (Å²) in [6, 6.07) is 9.24. The first-order valence-electron chi connectivity index (χ1n) is 8.09. The van der Waals surface area contributed by atoms with Gasteiger partial charge in [0.1, 0.15) is 0 Å². The van der Waals surface area contributed by atoms with E-state index >= 15 is 0 Å². The van der Waals surface area contributed by atoms with Crippen LogP contribution in [0.3, 0.4) is 0 Å². The Morgan fingerprint density at radius 1 is 1.31 bits per heavy atom. The smallest absolute Gasteiger partial charge is 0.266 e. The van der Waals surface area contributed by atoms with Crippen LogP contribution < -0.4 is 9.47 Å². The lowest BCUT2D eigenvalue weighted by atomic mass is 10.2. The average Bonchev–Trinajstić information content (AvgIpc) is 2.92. The maximum atomic E-state index is 12.5. The number of methoxy groups -OCH3 is 1. The van der Waals surface area contributed by atoms with Gasteiger partial charge in [-0.3, -0.25) is 14.7 Å². The zero-order chi connectivity index (χ0) is 18.5. The molecule has 0 bridgehead atoms. The third-order valence-corrected chi connectivity index (χ3v) is 4.72. The quantitative estimate of drug-likeness (QED) is 0.752. The molecule has 0 unspecified atom stereocenters. The zero-order valence-corrected chi connectivity index (χ0v) is 15.6. The molecule has 1 aromatic carbocycles. The van der Waals surface area contributed by atoms with Gasteiger partial charge in [0.15, 0.2) is 16.7 Å². The van der Waals surface area contributed by atoms with E-state index in [9.17, 15) is 4.79 Å². The number of likely N-dealkylation sites (N-methyl/N-ethyl adjacent to an activating group) is 1. The molecule has 0 atom stereocenters. The molecule has 1 aromatic heterocycles. The molecule has 1 fully saturated rings. The highest BCUT2D eigenvalue weighted by molar-refractivity contribution is 8.18. The highest BCUT2D eigenvalue weighted by Gasteiger charge is 2.30. The van der Waals surface area contributed by atoms with Crippen LogP contribution in [0.1, 0.15) is 12.5 Å². The van der Waals surface area contributed by atoms with Crippen molar-refractivity contribution in [1.29, 1.82) is 0 Å². The number of hydrogen-bond acceptors (Lipinski definition) is 6. The van der Waals surface area contributed by atoms with E-state index in [1.807, 2.05) is 43.3 Å². The van der Waals surface area contributed by atoms with Gasteiger partial charge in [-0.15, -0.1) is 0 Å². The Labute approximate surface area is 156 Å². The second-order valence-electron chi connectivity index (χ2n) is 5.42. The van der Waals surface area contributed by atoms with Crippen molar-refractivity contribution >= 4 is 34.6 Å². The molecule has 134 valence electrons. The van der Waals surface area contributed by atoms with E-state index in [4.69, 9.17) is 9.47 Å². The second kappa shape index (κ2) is 8.05. The Morgan fingerprint density at radius 2 is 2.15 bits per heavy atom. The predicted octanol–water partition coefficient (Wildman–Crippen LogP) is 3.72. The van der Waals surface area contributed by atoms with Crippen LogP contribution in [0.15, 0.2) is 52.6 Å². The Hall–Kier alpha value is -2.80. The van der Waals surface area contributed by atoms with Crippen LogP contribution in [-0.2, 0) is 4.79 Å². The van der Waals surface area contributed by atoms with Crippen LogP contribution in [0, 0.1) is 0 Å². The molecule has 7 heteroatoms. The van der Waals surface area contributed by atoms with Crippen LogP contribution in [-0.4, -0.2) is 41.7 Å². The van der Waals surface area contributed by atoms with E-state index in [-0.39, 0.29) is 5.91 Å². The summed E-state index contributed by atoms with van der Waals surface area (Å²) in [5.41, 5.74) is 1.57. The molecule has 2 heterocycles. The van der Waals surface area contributed by atoms with Crippen molar-refractivity contribution in [2.24, 2.45) is 4.99 Å². The Morgan fingerprint density at radius 3 is 2.85 bits per heavy atom. The molecule has 0 N–H and O–H groups in total. The lowest BCUT2D eigenvalue weighted by Gasteiger charge is -2.09. The van der Waals surface area contributed by atoms with Crippen molar-refractivity contribution < 1.29 is 14.3 Å². The van der Waals surface area contributed by atoms with E-state index in [1.165, 1.54) is 16.7 Å². The average molecular weight is 369 g/mol. The van der Waals surface area contributed by atoms with Gasteiger partial charge in [-0.05, 0) is 54.6 Å². The Balaban J connectivity index is 1.87. The molecule has 0 radical (unpaired) electrons. The standard InChI is InChI=1S/C19H19N3O3S/c1-4-25-15-8-7-13(10-16(15)24-3)11-17-18(23)22(2)19(26-17)21-14-6-5-9-20-12-14/h5-12H,4H2,1-3H3/b17-11-,21-19?. The van der Waals surface area contributed by atoms with Gasteiger partial charge in [-0.1, -0.05) is 6.07 Å². The van der Waals surface area contributed by atoms with Crippen molar-refractivity contribution in [2.45, 2.75) is 6.92 Å². The summed E-state index contributed by atoms with van der Waals surface area (Å²) < 4.78 is 10.9. The number of ether oxygens (including phenoxy) is 2. The summed E-state index contributed by atoms with van der Waals surface area (Å²) in [7, 11) is 3.31. The third kappa shape index (κ3) is 3.88. The lowest BCUT2D eigenvalue weighted by molar-refractivity contribution is -0.121. The van der Waals surface area contributed by atoms with Gasteiger partial charge in [0, 0.05) is 13.2 Å². The van der Waals surface area contributed by atoms with Crippen molar-refractivity contribution in [2.75, 3.05) is 20.8 Å². The number of amidine groups is 1. The number of carbonyl (C=O) groups excluding carboxylic acids is 1. The van der Waals surface area contributed by atoms with Gasteiger partial charge in [-0.25, -0.2) is 4.99 Å². The molecular formula is C19H19N3O3S. The van der Waals surface area contributed by atoms with Crippen LogP contribution in [0.5, 0.6) is 11.5 Å². The molecule has 2 aromatic rings. The normalized spacial score (nSPS) is 17.2. The number of nitrogens with zero attached hydrogens (tertiary/aromatic N) is 3. The molecule has 3 rings (SSSR count). The fourth-order valence-corrected chi connectivity index (χ4v) is 3.37. The molecule has 1 saturated heterocycles. The number of carbonyl (C=O) groups is 1.